The Morgan fingerprint density at radius 1 is 0.864 bits per heavy atom. The summed E-state index contributed by atoms with van der Waals surface area (Å²) in [7, 11) is -2.70. The third kappa shape index (κ3) is 7.60. The first-order valence-electron chi connectivity index (χ1n) is 13.8. The average Bonchev–Trinajstić information content (AvgIpc) is 3.01. The number of carbonyl (C=O) groups excluding carboxylic acids is 1. The molecule has 5 aromatic rings. The Bertz CT molecular complexity index is 1890. The van der Waals surface area contributed by atoms with E-state index in [9.17, 15) is 18.3 Å². The second-order valence-corrected chi connectivity index (χ2v) is 11.8. The molecule has 1 amide bonds. The van der Waals surface area contributed by atoms with Gasteiger partial charge in [-0.05, 0) is 41.8 Å². The highest BCUT2D eigenvalue weighted by atomic mass is 32.2. The molecule has 5 rings (SSSR count). The molecule has 0 aliphatic rings. The minimum atomic E-state index is -4.17. The van der Waals surface area contributed by atoms with Crippen LogP contribution < -0.4 is 25.4 Å². The van der Waals surface area contributed by atoms with Crippen molar-refractivity contribution >= 4 is 50.0 Å². The maximum Gasteiger partial charge on any atom is 0.263 e. The number of amides is 1. The summed E-state index contributed by atoms with van der Waals surface area (Å²) in [5.74, 6) is 0.306. The van der Waals surface area contributed by atoms with Gasteiger partial charge in [-0.15, -0.1) is 0 Å². The number of anilines is 4. The van der Waals surface area contributed by atoms with Gasteiger partial charge in [0.25, 0.3) is 10.0 Å². The number of methoxy groups -OCH3 is 1. The van der Waals surface area contributed by atoms with E-state index in [1.807, 2.05) is 30.3 Å². The van der Waals surface area contributed by atoms with Crippen molar-refractivity contribution in [3.05, 3.63) is 103 Å². The number of aromatic hydroxyl groups is 1. The summed E-state index contributed by atoms with van der Waals surface area (Å²) in [5.41, 5.74) is 2.90. The van der Waals surface area contributed by atoms with Gasteiger partial charge in [-0.25, -0.2) is 18.4 Å². The van der Waals surface area contributed by atoms with Crippen molar-refractivity contribution in [2.24, 2.45) is 0 Å². The van der Waals surface area contributed by atoms with E-state index < -0.39 is 10.0 Å². The number of hydrogen-bond donors (Lipinski definition) is 5. The summed E-state index contributed by atoms with van der Waals surface area (Å²) in [6.07, 6.45) is 0. The van der Waals surface area contributed by atoms with Gasteiger partial charge in [-0.3, -0.25) is 9.52 Å². The Morgan fingerprint density at radius 3 is 2.30 bits per heavy atom. The van der Waals surface area contributed by atoms with E-state index in [1.54, 1.807) is 42.5 Å². The molecule has 1 aromatic heterocycles. The molecule has 0 bridgehead atoms. The van der Waals surface area contributed by atoms with Gasteiger partial charge in [-0.1, -0.05) is 55.5 Å². The lowest BCUT2D eigenvalue weighted by atomic mass is 10.0. The van der Waals surface area contributed by atoms with Crippen molar-refractivity contribution in [1.82, 2.24) is 15.3 Å². The van der Waals surface area contributed by atoms with Crippen molar-refractivity contribution in [2.45, 2.75) is 17.7 Å². The first-order valence-corrected chi connectivity index (χ1v) is 15.3. The molecule has 5 N–H and O–H groups in total. The van der Waals surface area contributed by atoms with E-state index in [0.717, 1.165) is 0 Å². The Hall–Kier alpha value is -5.20. The minimum absolute atomic E-state index is 0.0532. The summed E-state index contributed by atoms with van der Waals surface area (Å²) >= 11 is 0. The fourth-order valence-corrected chi connectivity index (χ4v) is 5.56. The molecule has 0 spiro atoms. The number of sulfonamides is 1. The quantitative estimate of drug-likeness (QED) is 0.128. The van der Waals surface area contributed by atoms with Crippen LogP contribution in [0, 0.1) is 0 Å². The molecule has 0 saturated heterocycles. The first-order chi connectivity index (χ1) is 21.2. The molecule has 11 nitrogen and oxygen atoms in total. The lowest BCUT2D eigenvalue weighted by molar-refractivity contribution is -0.115. The zero-order chi connectivity index (χ0) is 31.1. The van der Waals surface area contributed by atoms with Crippen molar-refractivity contribution in [3.63, 3.8) is 0 Å². The van der Waals surface area contributed by atoms with E-state index in [0.29, 0.717) is 34.7 Å². The summed E-state index contributed by atoms with van der Waals surface area (Å²) in [5, 5.41) is 19.0. The molecule has 0 fully saturated rings. The highest BCUT2D eigenvalue weighted by molar-refractivity contribution is 7.92. The lowest BCUT2D eigenvalue weighted by Gasteiger charge is -2.15. The van der Waals surface area contributed by atoms with Crippen LogP contribution in [0.4, 0.5) is 23.0 Å². The summed E-state index contributed by atoms with van der Waals surface area (Å²) in [6.45, 7) is 2.74. The van der Waals surface area contributed by atoms with E-state index in [2.05, 4.69) is 37.6 Å². The van der Waals surface area contributed by atoms with Crippen LogP contribution in [0.1, 0.15) is 18.4 Å². The Morgan fingerprint density at radius 2 is 1.57 bits per heavy atom. The van der Waals surface area contributed by atoms with E-state index >= 15 is 0 Å². The van der Waals surface area contributed by atoms with Gasteiger partial charge < -0.3 is 25.8 Å². The molecular weight excluding hydrogens is 580 g/mol. The summed E-state index contributed by atoms with van der Waals surface area (Å²) < 4.78 is 34.8. The molecule has 1 atom stereocenters. The third-order valence-electron chi connectivity index (χ3n) is 6.72. The van der Waals surface area contributed by atoms with Crippen molar-refractivity contribution in [3.8, 4) is 11.5 Å². The number of phenolic OH excluding ortho intramolecular Hbond substituents is 1. The summed E-state index contributed by atoms with van der Waals surface area (Å²) in [6, 6.07) is 27.5. The van der Waals surface area contributed by atoms with Gasteiger partial charge in [0.1, 0.15) is 11.5 Å². The monoisotopic (exact) mass is 612 g/mol. The van der Waals surface area contributed by atoms with Gasteiger partial charge in [0.2, 0.25) is 5.91 Å². The highest BCUT2D eigenvalue weighted by Crippen LogP contribution is 2.31. The van der Waals surface area contributed by atoms with Crippen molar-refractivity contribution in [2.75, 3.05) is 35.6 Å². The zero-order valence-corrected chi connectivity index (χ0v) is 24.9. The molecule has 226 valence electrons. The number of nitrogens with one attached hydrogen (secondary N) is 4. The molecule has 12 heteroatoms. The molecule has 1 heterocycles. The van der Waals surface area contributed by atoms with Crippen LogP contribution in [0.25, 0.3) is 11.0 Å². The van der Waals surface area contributed by atoms with Crippen LogP contribution in [-0.4, -0.2) is 49.6 Å². The number of ether oxygens (including phenoxy) is 1. The van der Waals surface area contributed by atoms with Crippen LogP contribution in [0.5, 0.6) is 11.5 Å². The average molecular weight is 613 g/mol. The highest BCUT2D eigenvalue weighted by Gasteiger charge is 2.20. The minimum Gasteiger partial charge on any atom is -0.508 e. The predicted molar refractivity (Wildman–Crippen MR) is 171 cm³/mol. The van der Waals surface area contributed by atoms with Gasteiger partial charge in [0.05, 0.1) is 29.6 Å². The number of aromatic nitrogens is 2. The smallest absolute Gasteiger partial charge is 0.263 e. The molecular formula is C32H32N6O5S. The van der Waals surface area contributed by atoms with E-state index in [-0.39, 0.29) is 40.7 Å². The molecule has 1 unspecified atom stereocenters. The van der Waals surface area contributed by atoms with Crippen molar-refractivity contribution < 1.29 is 23.1 Å². The number of rotatable bonds is 12. The molecule has 44 heavy (non-hydrogen) atoms. The van der Waals surface area contributed by atoms with Crippen LogP contribution in [0.3, 0.4) is 0 Å². The number of nitrogens with zero attached hydrogens (tertiary/aromatic N) is 2. The van der Waals surface area contributed by atoms with E-state index in [4.69, 9.17) is 4.74 Å². The van der Waals surface area contributed by atoms with Crippen LogP contribution in [0.2, 0.25) is 0 Å². The van der Waals surface area contributed by atoms with Crippen molar-refractivity contribution in [1.29, 1.82) is 0 Å². The number of hydrogen-bond acceptors (Lipinski definition) is 9. The number of fused-ring (bicyclic) bond motifs is 1. The van der Waals surface area contributed by atoms with Gasteiger partial charge in [0, 0.05) is 36.1 Å². The normalized spacial score (nSPS) is 12.0. The number of para-hydroxylation sites is 2. The number of carbonyl (C=O) groups is 1. The second kappa shape index (κ2) is 13.4. The Labute approximate surface area is 255 Å². The maximum absolute atomic E-state index is 13.5. The topological polar surface area (TPSA) is 155 Å². The fraction of sp³-hybridized carbons (Fsp3) is 0.156. The SMILES string of the molecule is COc1cc(O)cc(Nc2nc3ccccc3nc2NS(=O)(=O)c2cccc(NC(=O)CNCC(C)c3ccccc3)c2)c1. The van der Waals surface area contributed by atoms with Crippen LogP contribution in [-0.2, 0) is 14.8 Å². The zero-order valence-electron chi connectivity index (χ0n) is 24.1. The Balaban J connectivity index is 1.32. The molecule has 0 aliphatic heterocycles. The van der Waals surface area contributed by atoms with Gasteiger partial charge in [0.15, 0.2) is 11.6 Å². The predicted octanol–water partition coefficient (Wildman–Crippen LogP) is 5.22. The van der Waals surface area contributed by atoms with Gasteiger partial charge in [-0.2, -0.15) is 0 Å². The molecule has 4 aromatic carbocycles. The largest absolute Gasteiger partial charge is 0.508 e. The molecule has 0 radical (unpaired) electrons. The maximum atomic E-state index is 13.5. The Kier molecular flexibility index (Phi) is 9.22. The van der Waals surface area contributed by atoms with Crippen LogP contribution in [0.15, 0.2) is 102 Å². The van der Waals surface area contributed by atoms with E-state index in [1.165, 1.54) is 36.9 Å². The van der Waals surface area contributed by atoms with Crippen LogP contribution >= 0.6 is 0 Å². The fourth-order valence-electron chi connectivity index (χ4n) is 4.50. The van der Waals surface area contributed by atoms with Gasteiger partial charge >= 0.3 is 0 Å². The standard InChI is InChI=1S/C32H32N6O5S/c1-21(22-9-4-3-5-10-22)19-33-20-30(40)34-23-11-8-12-27(17-23)44(41,42)38-32-31(36-28-13-6-7-14-29(28)37-32)35-24-15-25(39)18-26(16-24)43-2/h3-18,21,33,39H,19-20H2,1-2H3,(H,34,40)(H,35,36)(H,37,38). The number of benzene rings is 4. The lowest BCUT2D eigenvalue weighted by Crippen LogP contribution is -2.30. The molecule has 0 aliphatic carbocycles. The second-order valence-electron chi connectivity index (χ2n) is 10.1. The number of phenols is 1. The molecule has 0 saturated carbocycles. The first kappa shape index (κ1) is 30.3. The summed E-state index contributed by atoms with van der Waals surface area (Å²) in [4.78, 5) is 21.6. The third-order valence-corrected chi connectivity index (χ3v) is 8.06.